The van der Waals surface area contributed by atoms with Gasteiger partial charge in [-0.3, -0.25) is 0 Å². The van der Waals surface area contributed by atoms with Gasteiger partial charge < -0.3 is 10.1 Å². The summed E-state index contributed by atoms with van der Waals surface area (Å²) in [5.41, 5.74) is 0.717. The number of benzene rings is 1. The molecular formula is C14H20BrNO2. The van der Waals surface area contributed by atoms with Gasteiger partial charge in [0.15, 0.2) is 0 Å². The minimum absolute atomic E-state index is 0.230. The van der Waals surface area contributed by atoms with Crippen LogP contribution in [-0.4, -0.2) is 18.2 Å². The third kappa shape index (κ3) is 5.08. The molecule has 0 bridgehead atoms. The van der Waals surface area contributed by atoms with Crippen molar-refractivity contribution in [3.05, 3.63) is 34.3 Å². The van der Waals surface area contributed by atoms with Crippen LogP contribution in [-0.2, 0) is 4.74 Å². The van der Waals surface area contributed by atoms with Crippen LogP contribution >= 0.6 is 15.9 Å². The van der Waals surface area contributed by atoms with Gasteiger partial charge in [0.1, 0.15) is 5.60 Å². The van der Waals surface area contributed by atoms with Crippen molar-refractivity contribution in [2.45, 2.75) is 39.2 Å². The lowest BCUT2D eigenvalue weighted by Crippen LogP contribution is -2.34. The maximum absolute atomic E-state index is 11.5. The minimum Gasteiger partial charge on any atom is -0.444 e. The maximum Gasteiger partial charge on any atom is 0.407 e. The Labute approximate surface area is 117 Å². The second-order valence-corrected chi connectivity index (χ2v) is 6.16. The van der Waals surface area contributed by atoms with Crippen molar-refractivity contribution in [2.24, 2.45) is 0 Å². The van der Waals surface area contributed by atoms with Gasteiger partial charge in [0.05, 0.1) is 0 Å². The molecule has 4 heteroatoms. The summed E-state index contributed by atoms with van der Waals surface area (Å²) in [5.74, 6) is 0.230. The van der Waals surface area contributed by atoms with E-state index in [4.69, 9.17) is 4.74 Å². The smallest absolute Gasteiger partial charge is 0.407 e. The van der Waals surface area contributed by atoms with E-state index in [9.17, 15) is 4.79 Å². The Hall–Kier alpha value is -1.03. The molecule has 0 unspecified atom stereocenters. The van der Waals surface area contributed by atoms with Gasteiger partial charge in [-0.15, -0.1) is 0 Å². The molecule has 1 amide bonds. The number of rotatable bonds is 3. The number of alkyl carbamates (subject to hydrolysis) is 1. The third-order valence-electron chi connectivity index (χ3n) is 2.39. The lowest BCUT2D eigenvalue weighted by atomic mass is 10.0. The molecule has 0 aromatic heterocycles. The Bertz CT molecular complexity index is 413. The van der Waals surface area contributed by atoms with Crippen molar-refractivity contribution >= 4 is 22.0 Å². The van der Waals surface area contributed by atoms with Crippen LogP contribution in [0.4, 0.5) is 4.79 Å². The molecule has 0 saturated carbocycles. The lowest BCUT2D eigenvalue weighted by molar-refractivity contribution is 0.0525. The predicted octanol–water partition coefficient (Wildman–Crippen LogP) is 4.08. The number of amides is 1. The molecule has 0 aliphatic rings. The van der Waals surface area contributed by atoms with Gasteiger partial charge >= 0.3 is 6.09 Å². The summed E-state index contributed by atoms with van der Waals surface area (Å²) in [6.45, 7) is 8.17. The van der Waals surface area contributed by atoms with Crippen molar-refractivity contribution in [1.29, 1.82) is 0 Å². The van der Waals surface area contributed by atoms with Crippen LogP contribution in [0.1, 0.15) is 39.2 Å². The minimum atomic E-state index is -0.458. The topological polar surface area (TPSA) is 38.3 Å². The van der Waals surface area contributed by atoms with Crippen LogP contribution in [0.3, 0.4) is 0 Å². The van der Waals surface area contributed by atoms with E-state index in [1.165, 1.54) is 5.56 Å². The summed E-state index contributed by atoms with van der Waals surface area (Å²) in [7, 11) is 0. The zero-order chi connectivity index (χ0) is 13.8. The van der Waals surface area contributed by atoms with Crippen LogP contribution in [0, 0.1) is 0 Å². The number of carbonyl (C=O) groups excluding carboxylic acids is 1. The molecule has 0 fully saturated rings. The summed E-state index contributed by atoms with van der Waals surface area (Å²) in [5, 5.41) is 2.78. The maximum atomic E-state index is 11.5. The van der Waals surface area contributed by atoms with Gasteiger partial charge in [0.25, 0.3) is 0 Å². The summed E-state index contributed by atoms with van der Waals surface area (Å²) >= 11 is 3.51. The SMILES string of the molecule is C[C@@H](CNC(=O)OC(C)(C)C)c1ccccc1Br. The average molecular weight is 314 g/mol. The number of carbonyl (C=O) groups is 1. The molecule has 0 saturated heterocycles. The predicted molar refractivity (Wildman–Crippen MR) is 76.8 cm³/mol. The van der Waals surface area contributed by atoms with Gasteiger partial charge in [0, 0.05) is 11.0 Å². The molecule has 0 heterocycles. The van der Waals surface area contributed by atoms with E-state index in [0.717, 1.165) is 4.47 Å². The van der Waals surface area contributed by atoms with Crippen molar-refractivity contribution < 1.29 is 9.53 Å². The van der Waals surface area contributed by atoms with Crippen LogP contribution < -0.4 is 5.32 Å². The molecule has 0 spiro atoms. The second kappa shape index (κ2) is 6.23. The fourth-order valence-corrected chi connectivity index (χ4v) is 2.21. The Morgan fingerprint density at radius 1 is 1.39 bits per heavy atom. The van der Waals surface area contributed by atoms with Gasteiger partial charge in [0.2, 0.25) is 0 Å². The molecule has 0 aliphatic carbocycles. The first kappa shape index (κ1) is 15.0. The van der Waals surface area contributed by atoms with Gasteiger partial charge in [-0.25, -0.2) is 4.79 Å². The van der Waals surface area contributed by atoms with Gasteiger partial charge in [-0.1, -0.05) is 41.1 Å². The van der Waals surface area contributed by atoms with E-state index in [1.54, 1.807) is 0 Å². The van der Waals surface area contributed by atoms with Crippen molar-refractivity contribution in [3.63, 3.8) is 0 Å². The lowest BCUT2D eigenvalue weighted by Gasteiger charge is -2.21. The van der Waals surface area contributed by atoms with E-state index in [1.807, 2.05) is 45.0 Å². The number of hydrogen-bond acceptors (Lipinski definition) is 2. The average Bonchev–Trinajstić information content (AvgIpc) is 2.24. The summed E-state index contributed by atoms with van der Waals surface area (Å²) < 4.78 is 6.25. The van der Waals surface area contributed by atoms with Crippen molar-refractivity contribution in [2.75, 3.05) is 6.54 Å². The molecule has 3 nitrogen and oxygen atoms in total. The highest BCUT2D eigenvalue weighted by Gasteiger charge is 2.17. The third-order valence-corrected chi connectivity index (χ3v) is 3.11. The molecule has 1 aromatic carbocycles. The molecule has 0 aliphatic heterocycles. The fourth-order valence-electron chi connectivity index (χ4n) is 1.54. The molecule has 1 aromatic rings. The van der Waals surface area contributed by atoms with Crippen LogP contribution in [0.2, 0.25) is 0 Å². The number of hydrogen-bond donors (Lipinski definition) is 1. The summed E-state index contributed by atoms with van der Waals surface area (Å²) in [6.07, 6.45) is -0.374. The molecule has 1 atom stereocenters. The Morgan fingerprint density at radius 2 is 2.00 bits per heavy atom. The molecular weight excluding hydrogens is 294 g/mol. The largest absolute Gasteiger partial charge is 0.444 e. The molecule has 1 N–H and O–H groups in total. The highest BCUT2D eigenvalue weighted by atomic mass is 79.9. The highest BCUT2D eigenvalue weighted by Crippen LogP contribution is 2.23. The van der Waals surface area contributed by atoms with E-state index in [0.29, 0.717) is 6.54 Å². The fraction of sp³-hybridized carbons (Fsp3) is 0.500. The standard InChI is InChI=1S/C14H20BrNO2/c1-10(11-7-5-6-8-12(11)15)9-16-13(17)18-14(2,3)4/h5-8,10H,9H2,1-4H3,(H,16,17)/t10-/m0/s1. The zero-order valence-electron chi connectivity index (χ0n) is 11.3. The van der Waals surface area contributed by atoms with Gasteiger partial charge in [-0.05, 0) is 38.3 Å². The summed E-state index contributed by atoms with van der Waals surface area (Å²) in [6, 6.07) is 8.01. The molecule has 0 radical (unpaired) electrons. The number of nitrogens with one attached hydrogen (secondary N) is 1. The quantitative estimate of drug-likeness (QED) is 0.913. The number of halogens is 1. The van der Waals surface area contributed by atoms with E-state index >= 15 is 0 Å². The normalized spacial score (nSPS) is 12.9. The number of ether oxygens (including phenoxy) is 1. The monoisotopic (exact) mass is 313 g/mol. The molecule has 100 valence electrons. The highest BCUT2D eigenvalue weighted by molar-refractivity contribution is 9.10. The Kier molecular flexibility index (Phi) is 5.20. The summed E-state index contributed by atoms with van der Waals surface area (Å²) in [4.78, 5) is 11.5. The molecule has 18 heavy (non-hydrogen) atoms. The Balaban J connectivity index is 2.49. The first-order valence-electron chi connectivity index (χ1n) is 6.01. The van der Waals surface area contributed by atoms with Crippen molar-refractivity contribution in [3.8, 4) is 0 Å². The first-order valence-corrected chi connectivity index (χ1v) is 6.80. The van der Waals surface area contributed by atoms with Crippen molar-refractivity contribution in [1.82, 2.24) is 5.32 Å². The van der Waals surface area contributed by atoms with E-state index in [2.05, 4.69) is 28.2 Å². The zero-order valence-corrected chi connectivity index (χ0v) is 12.9. The van der Waals surface area contributed by atoms with Crippen LogP contribution in [0.5, 0.6) is 0 Å². The van der Waals surface area contributed by atoms with Gasteiger partial charge in [-0.2, -0.15) is 0 Å². The first-order chi connectivity index (χ1) is 8.29. The van der Waals surface area contributed by atoms with E-state index in [-0.39, 0.29) is 12.0 Å². The van der Waals surface area contributed by atoms with Crippen LogP contribution in [0.15, 0.2) is 28.7 Å². The molecule has 1 rings (SSSR count). The Morgan fingerprint density at radius 3 is 2.56 bits per heavy atom. The van der Waals surface area contributed by atoms with Crippen LogP contribution in [0.25, 0.3) is 0 Å². The second-order valence-electron chi connectivity index (χ2n) is 5.31. The van der Waals surface area contributed by atoms with E-state index < -0.39 is 5.60 Å².